The number of anilines is 1. The van der Waals surface area contributed by atoms with Crippen molar-refractivity contribution in [3.63, 3.8) is 0 Å². The quantitative estimate of drug-likeness (QED) is 0.635. The largest absolute Gasteiger partial charge is 0.468 e. The molecule has 1 atom stereocenters. The molecule has 1 aliphatic heterocycles. The van der Waals surface area contributed by atoms with Gasteiger partial charge in [-0.25, -0.2) is 4.79 Å². The number of hydrogen-bond donors (Lipinski definition) is 2. The predicted molar refractivity (Wildman–Crippen MR) is 117 cm³/mol. The minimum atomic E-state index is -0.396. The zero-order valence-electron chi connectivity index (χ0n) is 17.9. The fourth-order valence-corrected chi connectivity index (χ4v) is 4.37. The van der Waals surface area contributed by atoms with E-state index in [-0.39, 0.29) is 12.0 Å². The van der Waals surface area contributed by atoms with E-state index >= 15 is 0 Å². The third kappa shape index (κ3) is 3.59. The smallest absolute Gasteiger partial charge is 0.414 e. The zero-order chi connectivity index (χ0) is 22.2. The number of methoxy groups -OCH3 is 1. The number of benzene rings is 1. The standard InChI is InChI=1S/C23H24N4O5/c1-13(28)24-10-17-11-27(23(29)32-17)16-6-7-18-14(8-16)4-3-5-19-21(25-26-22(18)19)15-9-20(30-2)31-12-15/h6-9,12,17H,3-5,10-11H2,1-2H3,(H,24,28)(H,25,26)/t17-/m0/s1. The number of nitrogens with zero attached hydrogens (tertiary/aromatic N) is 2. The van der Waals surface area contributed by atoms with Crippen molar-refractivity contribution >= 4 is 17.7 Å². The lowest BCUT2D eigenvalue weighted by atomic mass is 10.00. The first-order valence-electron chi connectivity index (χ1n) is 10.6. The Morgan fingerprint density at radius 1 is 1.34 bits per heavy atom. The molecular weight excluding hydrogens is 412 g/mol. The molecule has 2 amide bonds. The third-order valence-corrected chi connectivity index (χ3v) is 5.91. The highest BCUT2D eigenvalue weighted by atomic mass is 16.6. The van der Waals surface area contributed by atoms with Gasteiger partial charge in [0.15, 0.2) is 0 Å². The molecule has 3 heterocycles. The van der Waals surface area contributed by atoms with Crippen LogP contribution in [-0.2, 0) is 22.4 Å². The molecule has 0 radical (unpaired) electrons. The molecule has 2 aromatic heterocycles. The number of carbonyl (C=O) groups is 2. The predicted octanol–water partition coefficient (Wildman–Crippen LogP) is 3.30. The SMILES string of the molecule is COc1cc(-c2n[nH]c3c2CCCc2cc(N4C[C@H](CNC(C)=O)OC4=O)ccc2-3)co1. The van der Waals surface area contributed by atoms with Crippen LogP contribution in [0.5, 0.6) is 5.95 Å². The summed E-state index contributed by atoms with van der Waals surface area (Å²) in [5.41, 5.74) is 6.92. The number of aromatic amines is 1. The Balaban J connectivity index is 1.42. The van der Waals surface area contributed by atoms with E-state index in [4.69, 9.17) is 13.9 Å². The fraction of sp³-hybridized carbons (Fsp3) is 0.348. The summed E-state index contributed by atoms with van der Waals surface area (Å²) in [5.74, 6) is 0.304. The number of H-pyrrole nitrogens is 1. The summed E-state index contributed by atoms with van der Waals surface area (Å²) in [6.45, 7) is 2.15. The fourth-order valence-electron chi connectivity index (χ4n) is 4.37. The highest BCUT2D eigenvalue weighted by molar-refractivity contribution is 5.91. The van der Waals surface area contributed by atoms with Gasteiger partial charge in [-0.2, -0.15) is 5.10 Å². The van der Waals surface area contributed by atoms with Crippen LogP contribution in [-0.4, -0.2) is 48.5 Å². The topological polar surface area (TPSA) is 110 Å². The van der Waals surface area contributed by atoms with Gasteiger partial charge in [0.25, 0.3) is 5.95 Å². The summed E-state index contributed by atoms with van der Waals surface area (Å²) >= 11 is 0. The Kier molecular flexibility index (Phi) is 5.08. The zero-order valence-corrected chi connectivity index (χ0v) is 17.9. The van der Waals surface area contributed by atoms with Crippen LogP contribution in [0.25, 0.3) is 22.5 Å². The normalized spacial score (nSPS) is 17.4. The van der Waals surface area contributed by atoms with Gasteiger partial charge in [0.05, 0.1) is 31.6 Å². The number of hydrogen-bond acceptors (Lipinski definition) is 6. The molecule has 2 N–H and O–H groups in total. The minimum absolute atomic E-state index is 0.145. The van der Waals surface area contributed by atoms with E-state index in [1.165, 1.54) is 6.92 Å². The molecule has 9 nitrogen and oxygen atoms in total. The van der Waals surface area contributed by atoms with Crippen LogP contribution < -0.4 is 15.0 Å². The molecule has 1 fully saturated rings. The number of ether oxygens (including phenoxy) is 2. The highest BCUT2D eigenvalue weighted by Gasteiger charge is 2.33. The molecule has 3 aromatic rings. The molecule has 0 bridgehead atoms. The van der Waals surface area contributed by atoms with E-state index in [2.05, 4.69) is 15.5 Å². The first-order valence-corrected chi connectivity index (χ1v) is 10.6. The van der Waals surface area contributed by atoms with Crippen molar-refractivity contribution in [2.75, 3.05) is 25.1 Å². The van der Waals surface area contributed by atoms with E-state index < -0.39 is 6.09 Å². The van der Waals surface area contributed by atoms with Crippen molar-refractivity contribution in [3.05, 3.63) is 41.7 Å². The van der Waals surface area contributed by atoms with Crippen LogP contribution in [0.2, 0.25) is 0 Å². The van der Waals surface area contributed by atoms with Crippen molar-refractivity contribution in [2.45, 2.75) is 32.3 Å². The van der Waals surface area contributed by atoms with Gasteiger partial charge in [-0.15, -0.1) is 0 Å². The van der Waals surface area contributed by atoms with E-state index in [0.29, 0.717) is 19.0 Å². The minimum Gasteiger partial charge on any atom is -0.468 e. The van der Waals surface area contributed by atoms with Gasteiger partial charge in [-0.1, -0.05) is 6.07 Å². The van der Waals surface area contributed by atoms with Gasteiger partial charge in [0, 0.05) is 35.4 Å². The summed E-state index contributed by atoms with van der Waals surface area (Å²) in [6, 6.07) is 7.84. The molecular formula is C23H24N4O5. The van der Waals surface area contributed by atoms with Gasteiger partial charge in [-0.3, -0.25) is 14.8 Å². The molecule has 9 heteroatoms. The number of nitrogens with one attached hydrogen (secondary N) is 2. The lowest BCUT2D eigenvalue weighted by molar-refractivity contribution is -0.119. The van der Waals surface area contributed by atoms with Crippen molar-refractivity contribution < 1.29 is 23.5 Å². The van der Waals surface area contributed by atoms with Crippen LogP contribution in [0.1, 0.15) is 24.5 Å². The first-order chi connectivity index (χ1) is 15.5. The third-order valence-electron chi connectivity index (χ3n) is 5.91. The molecule has 166 valence electrons. The molecule has 0 saturated carbocycles. The Hall–Kier alpha value is -3.75. The van der Waals surface area contributed by atoms with Crippen LogP contribution in [0.4, 0.5) is 10.5 Å². The second kappa shape index (κ2) is 8.07. The van der Waals surface area contributed by atoms with Gasteiger partial charge in [0.1, 0.15) is 12.4 Å². The van der Waals surface area contributed by atoms with Crippen molar-refractivity contribution in [1.82, 2.24) is 15.5 Å². The number of amides is 2. The number of rotatable bonds is 5. The average Bonchev–Trinajstić information content (AvgIpc) is 3.48. The number of fused-ring (bicyclic) bond motifs is 3. The average molecular weight is 436 g/mol. The van der Waals surface area contributed by atoms with E-state index in [0.717, 1.165) is 58.6 Å². The summed E-state index contributed by atoms with van der Waals surface area (Å²) in [6.07, 6.45) is 3.62. The Morgan fingerprint density at radius 2 is 2.22 bits per heavy atom. The summed E-state index contributed by atoms with van der Waals surface area (Å²) < 4.78 is 16.0. The van der Waals surface area contributed by atoms with Gasteiger partial charge >= 0.3 is 6.09 Å². The summed E-state index contributed by atoms with van der Waals surface area (Å²) in [4.78, 5) is 25.2. The lowest BCUT2D eigenvalue weighted by Gasteiger charge is -2.16. The van der Waals surface area contributed by atoms with Crippen LogP contribution in [0.3, 0.4) is 0 Å². The van der Waals surface area contributed by atoms with Crippen LogP contribution in [0, 0.1) is 0 Å². The van der Waals surface area contributed by atoms with E-state index in [1.54, 1.807) is 18.3 Å². The number of carbonyl (C=O) groups excluding carboxylic acids is 2. The molecule has 1 aromatic carbocycles. The maximum Gasteiger partial charge on any atom is 0.414 e. The van der Waals surface area contributed by atoms with Gasteiger partial charge in [-0.05, 0) is 37.0 Å². The molecule has 1 saturated heterocycles. The summed E-state index contributed by atoms with van der Waals surface area (Å²) in [7, 11) is 1.57. The van der Waals surface area contributed by atoms with Crippen molar-refractivity contribution in [1.29, 1.82) is 0 Å². The maximum absolute atomic E-state index is 12.4. The Labute approximate surface area is 184 Å². The van der Waals surface area contributed by atoms with Crippen LogP contribution in [0.15, 0.2) is 34.9 Å². The molecule has 1 aliphatic carbocycles. The molecule has 2 aliphatic rings. The number of furan rings is 1. The Bertz CT molecular complexity index is 1180. The lowest BCUT2D eigenvalue weighted by Crippen LogP contribution is -2.33. The van der Waals surface area contributed by atoms with Crippen molar-refractivity contribution in [2.24, 2.45) is 0 Å². The first kappa shape index (κ1) is 20.2. The second-order valence-corrected chi connectivity index (χ2v) is 8.03. The molecule has 5 rings (SSSR count). The number of cyclic esters (lactones) is 1. The van der Waals surface area contributed by atoms with E-state index in [9.17, 15) is 9.59 Å². The maximum atomic E-state index is 12.4. The number of aromatic nitrogens is 2. The molecule has 0 unspecified atom stereocenters. The van der Waals surface area contributed by atoms with Crippen LogP contribution >= 0.6 is 0 Å². The molecule has 0 spiro atoms. The molecule has 32 heavy (non-hydrogen) atoms. The highest BCUT2D eigenvalue weighted by Crippen LogP contribution is 2.39. The monoisotopic (exact) mass is 436 g/mol. The summed E-state index contributed by atoms with van der Waals surface area (Å²) in [5, 5.41) is 10.5. The number of aryl methyl sites for hydroxylation is 1. The van der Waals surface area contributed by atoms with Crippen molar-refractivity contribution in [3.8, 4) is 28.5 Å². The van der Waals surface area contributed by atoms with Gasteiger partial charge in [0.2, 0.25) is 5.91 Å². The van der Waals surface area contributed by atoms with E-state index in [1.807, 2.05) is 24.3 Å². The Morgan fingerprint density at radius 3 is 3.00 bits per heavy atom. The van der Waals surface area contributed by atoms with Gasteiger partial charge < -0.3 is 19.2 Å². The second-order valence-electron chi connectivity index (χ2n) is 8.03.